The molecule has 2 atom stereocenters. The Morgan fingerprint density at radius 3 is 3.10 bits per heavy atom. The van der Waals surface area contributed by atoms with Crippen molar-refractivity contribution < 1.29 is 9.53 Å². The van der Waals surface area contributed by atoms with Crippen LogP contribution in [0.4, 0.5) is 0 Å². The quantitative estimate of drug-likeness (QED) is 0.792. The Balaban J connectivity index is 1.83. The van der Waals surface area contributed by atoms with Gasteiger partial charge in [-0.3, -0.25) is 0 Å². The number of esters is 1. The lowest BCUT2D eigenvalue weighted by molar-refractivity contribution is 0.0595. The van der Waals surface area contributed by atoms with E-state index in [0.717, 1.165) is 18.5 Å². The first-order valence-corrected chi connectivity index (χ1v) is 7.74. The molecular formula is C17H20N2O2. The maximum atomic E-state index is 11.7. The molecule has 4 rings (SSSR count). The maximum Gasteiger partial charge on any atom is 0.354 e. The molecule has 0 bridgehead atoms. The number of aryl methyl sites for hydroxylation is 1. The van der Waals surface area contributed by atoms with Gasteiger partial charge in [0.25, 0.3) is 0 Å². The molecule has 2 N–H and O–H groups in total. The predicted octanol–water partition coefficient (Wildman–Crippen LogP) is 2.74. The molecule has 1 aromatic heterocycles. The number of carbonyl (C=O) groups is 1. The summed E-state index contributed by atoms with van der Waals surface area (Å²) in [5, 5.41) is 4.85. The molecule has 4 nitrogen and oxygen atoms in total. The minimum absolute atomic E-state index is 0.298. The summed E-state index contributed by atoms with van der Waals surface area (Å²) in [5.74, 6) is 0.330. The molecule has 0 radical (unpaired) electrons. The van der Waals surface area contributed by atoms with Gasteiger partial charge < -0.3 is 15.0 Å². The zero-order valence-electron chi connectivity index (χ0n) is 12.2. The van der Waals surface area contributed by atoms with Gasteiger partial charge in [0, 0.05) is 16.9 Å². The van der Waals surface area contributed by atoms with E-state index in [-0.39, 0.29) is 5.97 Å². The van der Waals surface area contributed by atoms with Crippen LogP contribution in [0.1, 0.15) is 46.8 Å². The number of hydrogen-bond donors (Lipinski definition) is 2. The van der Waals surface area contributed by atoms with Gasteiger partial charge in [0.1, 0.15) is 5.69 Å². The van der Waals surface area contributed by atoms with Crippen LogP contribution < -0.4 is 5.32 Å². The molecule has 0 amide bonds. The van der Waals surface area contributed by atoms with Crippen LogP contribution in [-0.2, 0) is 11.2 Å². The van der Waals surface area contributed by atoms with Crippen molar-refractivity contribution in [1.82, 2.24) is 10.3 Å². The van der Waals surface area contributed by atoms with Crippen molar-refractivity contribution in [1.29, 1.82) is 0 Å². The zero-order chi connectivity index (χ0) is 14.4. The van der Waals surface area contributed by atoms with Crippen molar-refractivity contribution in [2.75, 3.05) is 13.7 Å². The molecule has 1 aromatic carbocycles. The number of benzene rings is 1. The number of rotatable bonds is 1. The van der Waals surface area contributed by atoms with Crippen LogP contribution >= 0.6 is 0 Å². The van der Waals surface area contributed by atoms with E-state index in [2.05, 4.69) is 22.4 Å². The second kappa shape index (κ2) is 4.88. The molecule has 4 heteroatoms. The zero-order valence-corrected chi connectivity index (χ0v) is 12.2. The minimum Gasteiger partial charge on any atom is -0.464 e. The Labute approximate surface area is 123 Å². The minimum atomic E-state index is -0.298. The summed E-state index contributed by atoms with van der Waals surface area (Å²) in [7, 11) is 1.42. The van der Waals surface area contributed by atoms with Gasteiger partial charge in [0.15, 0.2) is 0 Å². The molecule has 110 valence electrons. The summed E-state index contributed by atoms with van der Waals surface area (Å²) in [6.07, 6.45) is 4.79. The first kappa shape index (κ1) is 12.9. The Kier molecular flexibility index (Phi) is 3.00. The number of H-pyrrole nitrogens is 1. The Morgan fingerprint density at radius 2 is 2.24 bits per heavy atom. The van der Waals surface area contributed by atoms with E-state index in [4.69, 9.17) is 4.74 Å². The van der Waals surface area contributed by atoms with E-state index in [1.165, 1.54) is 42.9 Å². The number of carbonyl (C=O) groups excluding carboxylic acids is 1. The van der Waals surface area contributed by atoms with E-state index >= 15 is 0 Å². The third-order valence-electron chi connectivity index (χ3n) is 5.05. The van der Waals surface area contributed by atoms with Gasteiger partial charge in [-0.25, -0.2) is 4.79 Å². The van der Waals surface area contributed by atoms with Crippen LogP contribution in [0.3, 0.4) is 0 Å². The fraction of sp³-hybridized carbons (Fsp3) is 0.471. The van der Waals surface area contributed by atoms with Gasteiger partial charge in [-0.05, 0) is 61.4 Å². The first-order chi connectivity index (χ1) is 10.3. The standard InChI is InChI=1S/C17H20N2O2/c1-21-17(20)16-9-13-11-4-6-14-12(3-2-8-18-14)10(11)5-7-15(13)19-16/h5,7,9,12,14,18-19H,2-4,6,8H2,1H3/t12-,14+/m0/s1. The summed E-state index contributed by atoms with van der Waals surface area (Å²) in [6, 6.07) is 6.94. The lowest BCUT2D eigenvalue weighted by Gasteiger charge is -2.38. The molecule has 1 aliphatic heterocycles. The highest BCUT2D eigenvalue weighted by molar-refractivity contribution is 5.96. The van der Waals surface area contributed by atoms with Gasteiger partial charge in [-0.1, -0.05) is 6.07 Å². The summed E-state index contributed by atoms with van der Waals surface area (Å²) in [5.41, 5.74) is 4.48. The Bertz CT molecular complexity index is 704. The number of aromatic amines is 1. The first-order valence-electron chi connectivity index (χ1n) is 7.74. The predicted molar refractivity (Wildman–Crippen MR) is 81.7 cm³/mol. The highest BCUT2D eigenvalue weighted by Crippen LogP contribution is 2.40. The van der Waals surface area contributed by atoms with Crippen molar-refractivity contribution in [3.05, 3.63) is 35.0 Å². The van der Waals surface area contributed by atoms with E-state index in [1.54, 1.807) is 0 Å². The molecule has 2 aromatic rings. The summed E-state index contributed by atoms with van der Waals surface area (Å²) < 4.78 is 4.82. The van der Waals surface area contributed by atoms with E-state index in [0.29, 0.717) is 17.7 Å². The third kappa shape index (κ3) is 1.97. The van der Waals surface area contributed by atoms with Crippen LogP contribution in [0.25, 0.3) is 10.9 Å². The molecule has 1 aliphatic carbocycles. The van der Waals surface area contributed by atoms with Crippen molar-refractivity contribution >= 4 is 16.9 Å². The SMILES string of the molecule is COC(=O)c1cc2c3c(ccc2[nH]1)[C@@H]1CCCN[C@@H]1CC3. The second-order valence-corrected chi connectivity index (χ2v) is 6.12. The highest BCUT2D eigenvalue weighted by atomic mass is 16.5. The maximum absolute atomic E-state index is 11.7. The van der Waals surface area contributed by atoms with Gasteiger partial charge >= 0.3 is 5.97 Å². The van der Waals surface area contributed by atoms with Gasteiger partial charge in [-0.2, -0.15) is 0 Å². The van der Waals surface area contributed by atoms with E-state index in [1.807, 2.05) is 6.07 Å². The molecule has 0 saturated carbocycles. The topological polar surface area (TPSA) is 54.1 Å². The number of piperidine rings is 1. The number of nitrogens with one attached hydrogen (secondary N) is 2. The van der Waals surface area contributed by atoms with Gasteiger partial charge in [0.2, 0.25) is 0 Å². The average Bonchev–Trinajstić information content (AvgIpc) is 2.98. The number of ether oxygens (including phenoxy) is 1. The summed E-state index contributed by atoms with van der Waals surface area (Å²) in [6.45, 7) is 1.15. The molecule has 2 aliphatic rings. The molecule has 0 unspecified atom stereocenters. The van der Waals surface area contributed by atoms with Crippen LogP contribution in [0, 0.1) is 0 Å². The van der Waals surface area contributed by atoms with Crippen molar-refractivity contribution in [3.8, 4) is 0 Å². The fourth-order valence-electron chi connectivity index (χ4n) is 4.06. The second-order valence-electron chi connectivity index (χ2n) is 6.12. The number of aromatic nitrogens is 1. The normalized spacial score (nSPS) is 24.4. The van der Waals surface area contributed by atoms with E-state index < -0.39 is 0 Å². The van der Waals surface area contributed by atoms with Gasteiger partial charge in [0.05, 0.1) is 7.11 Å². The lowest BCUT2D eigenvalue weighted by Crippen LogP contribution is -2.42. The Morgan fingerprint density at radius 1 is 1.33 bits per heavy atom. The van der Waals surface area contributed by atoms with Crippen molar-refractivity contribution in [3.63, 3.8) is 0 Å². The largest absolute Gasteiger partial charge is 0.464 e. The van der Waals surface area contributed by atoms with Crippen LogP contribution in [0.2, 0.25) is 0 Å². The Hall–Kier alpha value is -1.81. The van der Waals surface area contributed by atoms with Crippen molar-refractivity contribution in [2.45, 2.75) is 37.6 Å². The number of fused-ring (bicyclic) bond motifs is 5. The number of methoxy groups -OCH3 is 1. The fourth-order valence-corrected chi connectivity index (χ4v) is 4.06. The van der Waals surface area contributed by atoms with Crippen LogP contribution in [0.15, 0.2) is 18.2 Å². The van der Waals surface area contributed by atoms with Crippen LogP contribution in [-0.4, -0.2) is 30.6 Å². The third-order valence-corrected chi connectivity index (χ3v) is 5.05. The summed E-state index contributed by atoms with van der Waals surface area (Å²) >= 11 is 0. The lowest BCUT2D eigenvalue weighted by atomic mass is 9.74. The monoisotopic (exact) mass is 284 g/mol. The van der Waals surface area contributed by atoms with Crippen LogP contribution in [0.5, 0.6) is 0 Å². The molecule has 1 saturated heterocycles. The van der Waals surface area contributed by atoms with Gasteiger partial charge in [-0.15, -0.1) is 0 Å². The molecular weight excluding hydrogens is 264 g/mol. The van der Waals surface area contributed by atoms with E-state index in [9.17, 15) is 4.79 Å². The molecule has 0 spiro atoms. The molecule has 2 heterocycles. The number of hydrogen-bond acceptors (Lipinski definition) is 3. The summed E-state index contributed by atoms with van der Waals surface area (Å²) in [4.78, 5) is 14.9. The van der Waals surface area contributed by atoms with Crippen molar-refractivity contribution in [2.24, 2.45) is 0 Å². The highest BCUT2D eigenvalue weighted by Gasteiger charge is 2.32. The molecule has 1 fully saturated rings. The smallest absolute Gasteiger partial charge is 0.354 e. The average molecular weight is 284 g/mol. The molecule has 21 heavy (non-hydrogen) atoms.